The molecule has 0 radical (unpaired) electrons. The van der Waals surface area contributed by atoms with Gasteiger partial charge in [-0.2, -0.15) is 5.26 Å². The fourth-order valence-electron chi connectivity index (χ4n) is 0.480. The van der Waals surface area contributed by atoms with E-state index in [0.717, 1.165) is 6.21 Å². The van der Waals surface area contributed by atoms with Gasteiger partial charge in [0.15, 0.2) is 0 Å². The Morgan fingerprint density at radius 2 is 2.40 bits per heavy atom. The van der Waals surface area contributed by atoms with Crippen molar-refractivity contribution in [1.82, 2.24) is 0 Å². The Hall–Kier alpha value is -1.08. The van der Waals surface area contributed by atoms with Crippen LogP contribution in [0.4, 0.5) is 0 Å². The van der Waals surface area contributed by atoms with Crippen LogP contribution < -0.4 is 0 Å². The summed E-state index contributed by atoms with van der Waals surface area (Å²) in [6.07, 6.45) is 1.40. The molecule has 0 rings (SSSR count). The summed E-state index contributed by atoms with van der Waals surface area (Å²) in [5.74, 6) is 0. The van der Waals surface area contributed by atoms with Crippen LogP contribution in [0, 0.1) is 11.3 Å². The minimum Gasteiger partial charge on any atom is -0.411 e. The third-order valence-corrected chi connectivity index (χ3v) is 1.07. The smallest absolute Gasteiger partial charge is 0.0799 e. The van der Waals surface area contributed by atoms with Crippen LogP contribution in [0.5, 0.6) is 0 Å². The van der Waals surface area contributed by atoms with Gasteiger partial charge in [0.05, 0.1) is 18.1 Å². The first-order valence-electron chi connectivity index (χ1n) is 2.87. The predicted molar refractivity (Wildman–Crippen MR) is 35.7 cm³/mol. The molecule has 0 aromatic rings. The number of nitrogens with zero attached hydrogens (tertiary/aromatic N) is 2. The Morgan fingerprint density at radius 3 is 2.80 bits per heavy atom. The van der Waals surface area contributed by atoms with Gasteiger partial charge in [-0.15, -0.1) is 5.16 Å². The van der Waals surface area contributed by atoms with Gasteiger partial charge in [0.25, 0.3) is 0 Å². The minimum absolute atomic E-state index is 0.0407. The van der Waals surface area contributed by atoms with Crippen LogP contribution in [0.15, 0.2) is 5.16 Å². The molecule has 0 spiro atoms. The van der Waals surface area contributed by atoms with E-state index in [2.05, 4.69) is 5.16 Å². The van der Waals surface area contributed by atoms with E-state index in [1.807, 2.05) is 6.07 Å². The van der Waals surface area contributed by atoms with E-state index in [0.29, 0.717) is 0 Å². The van der Waals surface area contributed by atoms with E-state index < -0.39 is 5.60 Å². The quantitative estimate of drug-likeness (QED) is 0.342. The standard InChI is InChI=1S/C6H10N2O2/c1-6(9,2-4-7)3-5-8-10/h5,9-10H,2-3H2,1H3. The first-order chi connectivity index (χ1) is 4.62. The van der Waals surface area contributed by atoms with E-state index in [4.69, 9.17) is 10.5 Å². The van der Waals surface area contributed by atoms with Gasteiger partial charge in [-0.25, -0.2) is 0 Å². The third-order valence-electron chi connectivity index (χ3n) is 1.07. The maximum absolute atomic E-state index is 9.22. The zero-order chi connectivity index (χ0) is 8.04. The average molecular weight is 142 g/mol. The minimum atomic E-state index is -1.07. The molecule has 1 unspecified atom stereocenters. The van der Waals surface area contributed by atoms with Crippen molar-refractivity contribution in [2.75, 3.05) is 0 Å². The van der Waals surface area contributed by atoms with Gasteiger partial charge in [0.2, 0.25) is 0 Å². The first kappa shape index (κ1) is 8.92. The molecule has 0 aliphatic heterocycles. The Bertz CT molecular complexity index is 158. The normalized spacial score (nSPS) is 16.5. The van der Waals surface area contributed by atoms with Gasteiger partial charge in [-0.3, -0.25) is 0 Å². The van der Waals surface area contributed by atoms with Crippen LogP contribution in [-0.2, 0) is 0 Å². The zero-order valence-corrected chi connectivity index (χ0v) is 5.78. The number of nitriles is 1. The third kappa shape index (κ3) is 3.87. The highest BCUT2D eigenvalue weighted by Gasteiger charge is 2.17. The van der Waals surface area contributed by atoms with Crippen molar-refractivity contribution in [3.8, 4) is 6.07 Å². The van der Waals surface area contributed by atoms with E-state index in [1.165, 1.54) is 6.92 Å². The summed E-state index contributed by atoms with van der Waals surface area (Å²) in [5.41, 5.74) is -1.07. The Labute approximate surface area is 59.4 Å². The highest BCUT2D eigenvalue weighted by atomic mass is 16.4. The number of aliphatic hydroxyl groups is 1. The lowest BCUT2D eigenvalue weighted by Crippen LogP contribution is -2.23. The SMILES string of the molecule is CC(O)(CC#N)CC=NO. The summed E-state index contributed by atoms with van der Waals surface area (Å²) in [6.45, 7) is 1.51. The van der Waals surface area contributed by atoms with Gasteiger partial charge in [-0.05, 0) is 6.92 Å². The topological polar surface area (TPSA) is 76.6 Å². The average Bonchev–Trinajstić information content (AvgIpc) is 1.84. The zero-order valence-electron chi connectivity index (χ0n) is 5.78. The molecule has 10 heavy (non-hydrogen) atoms. The number of hydrogen-bond acceptors (Lipinski definition) is 4. The Balaban J connectivity index is 3.76. The summed E-state index contributed by atoms with van der Waals surface area (Å²) >= 11 is 0. The van der Waals surface area contributed by atoms with E-state index >= 15 is 0 Å². The number of hydrogen-bond donors (Lipinski definition) is 2. The molecule has 0 aromatic carbocycles. The van der Waals surface area contributed by atoms with Crippen molar-refractivity contribution in [2.24, 2.45) is 5.16 Å². The summed E-state index contributed by atoms with van der Waals surface area (Å²) in [5, 5.41) is 28.1. The van der Waals surface area contributed by atoms with Crippen LogP contribution in [0.3, 0.4) is 0 Å². The van der Waals surface area contributed by atoms with Crippen LogP contribution >= 0.6 is 0 Å². The number of rotatable bonds is 3. The molecular weight excluding hydrogens is 132 g/mol. The second-order valence-corrected chi connectivity index (χ2v) is 2.33. The van der Waals surface area contributed by atoms with Crippen molar-refractivity contribution >= 4 is 6.21 Å². The fourth-order valence-corrected chi connectivity index (χ4v) is 0.480. The van der Waals surface area contributed by atoms with Crippen molar-refractivity contribution in [1.29, 1.82) is 5.26 Å². The van der Waals surface area contributed by atoms with Gasteiger partial charge < -0.3 is 10.3 Å². The second kappa shape index (κ2) is 3.85. The van der Waals surface area contributed by atoms with Gasteiger partial charge >= 0.3 is 0 Å². The molecule has 0 aromatic heterocycles. The summed E-state index contributed by atoms with van der Waals surface area (Å²) in [6, 6.07) is 1.82. The van der Waals surface area contributed by atoms with Crippen LogP contribution in [0.25, 0.3) is 0 Å². The second-order valence-electron chi connectivity index (χ2n) is 2.33. The molecule has 56 valence electrons. The monoisotopic (exact) mass is 142 g/mol. The van der Waals surface area contributed by atoms with Gasteiger partial charge in [0.1, 0.15) is 0 Å². The molecular formula is C6H10N2O2. The molecule has 0 amide bonds. The molecule has 0 aliphatic carbocycles. The first-order valence-corrected chi connectivity index (χ1v) is 2.87. The molecule has 1 atom stereocenters. The predicted octanol–water partition coefficient (Wildman–Crippen LogP) is 0.501. The van der Waals surface area contributed by atoms with Crippen molar-refractivity contribution in [2.45, 2.75) is 25.4 Å². The van der Waals surface area contributed by atoms with Crippen LogP contribution in [0.1, 0.15) is 19.8 Å². The molecule has 0 saturated heterocycles. The van der Waals surface area contributed by atoms with E-state index in [1.54, 1.807) is 0 Å². The van der Waals surface area contributed by atoms with Crippen LogP contribution in [-0.4, -0.2) is 22.1 Å². The van der Waals surface area contributed by atoms with Crippen LogP contribution in [0.2, 0.25) is 0 Å². The maximum atomic E-state index is 9.22. The van der Waals surface area contributed by atoms with Crippen molar-refractivity contribution < 1.29 is 10.3 Å². The summed E-state index contributed by atoms with van der Waals surface area (Å²) in [4.78, 5) is 0. The summed E-state index contributed by atoms with van der Waals surface area (Å²) < 4.78 is 0. The van der Waals surface area contributed by atoms with Crippen molar-refractivity contribution in [3.05, 3.63) is 0 Å². The molecule has 0 saturated carbocycles. The van der Waals surface area contributed by atoms with E-state index in [9.17, 15) is 5.11 Å². The lowest BCUT2D eigenvalue weighted by atomic mass is 10.0. The molecule has 2 N–H and O–H groups in total. The molecule has 0 heterocycles. The molecule has 0 bridgehead atoms. The van der Waals surface area contributed by atoms with E-state index in [-0.39, 0.29) is 12.8 Å². The molecule has 4 nitrogen and oxygen atoms in total. The lowest BCUT2D eigenvalue weighted by molar-refractivity contribution is 0.0733. The Morgan fingerprint density at radius 1 is 1.80 bits per heavy atom. The molecule has 0 aliphatic rings. The summed E-state index contributed by atoms with van der Waals surface area (Å²) in [7, 11) is 0. The van der Waals surface area contributed by atoms with Crippen molar-refractivity contribution in [3.63, 3.8) is 0 Å². The molecule has 0 fully saturated rings. The fraction of sp³-hybridized carbons (Fsp3) is 0.667. The maximum Gasteiger partial charge on any atom is 0.0799 e. The largest absolute Gasteiger partial charge is 0.411 e. The Kier molecular flexibility index (Phi) is 3.44. The molecule has 4 heteroatoms. The number of oxime groups is 1. The van der Waals surface area contributed by atoms with Gasteiger partial charge in [0, 0.05) is 12.6 Å². The highest BCUT2D eigenvalue weighted by molar-refractivity contribution is 5.57. The highest BCUT2D eigenvalue weighted by Crippen LogP contribution is 2.10. The lowest BCUT2D eigenvalue weighted by Gasteiger charge is -2.15. The van der Waals surface area contributed by atoms with Gasteiger partial charge in [-0.1, -0.05) is 0 Å².